The number of carbonyl (C=O) groups is 2. The molecule has 0 spiro atoms. The zero-order valence-corrected chi connectivity index (χ0v) is 12.8. The van der Waals surface area contributed by atoms with Crippen LogP contribution in [0, 0.1) is 0 Å². The lowest BCUT2D eigenvalue weighted by Crippen LogP contribution is -2.35. The zero-order chi connectivity index (χ0) is 15.9. The van der Waals surface area contributed by atoms with Crippen LogP contribution in [-0.4, -0.2) is 44.2 Å². The first kappa shape index (κ1) is 14.5. The van der Waals surface area contributed by atoms with Gasteiger partial charge >= 0.3 is 0 Å². The van der Waals surface area contributed by atoms with Crippen LogP contribution in [0.3, 0.4) is 0 Å². The van der Waals surface area contributed by atoms with Gasteiger partial charge in [-0.3, -0.25) is 9.59 Å². The molecule has 2 amide bonds. The summed E-state index contributed by atoms with van der Waals surface area (Å²) in [5.41, 5.74) is 2.15. The number of hydrogen-bond acceptors (Lipinski definition) is 5. The molecule has 0 aromatic heterocycles. The van der Waals surface area contributed by atoms with Crippen molar-refractivity contribution in [1.29, 1.82) is 0 Å². The average molecular weight is 306 g/mol. The molecular formula is C15H18N2O5. The Bertz CT molecular complexity index is 656. The normalized spacial score (nSPS) is 15.6. The summed E-state index contributed by atoms with van der Waals surface area (Å²) in [4.78, 5) is 25.4. The molecule has 7 nitrogen and oxygen atoms in total. The second-order valence-electron chi connectivity index (χ2n) is 5.32. The van der Waals surface area contributed by atoms with E-state index < -0.39 is 0 Å². The smallest absolute Gasteiger partial charge is 0.257 e. The highest BCUT2D eigenvalue weighted by atomic mass is 16.7. The van der Waals surface area contributed by atoms with Crippen LogP contribution in [0.1, 0.15) is 28.4 Å². The van der Waals surface area contributed by atoms with Crippen LogP contribution in [0.2, 0.25) is 0 Å². The zero-order valence-electron chi connectivity index (χ0n) is 12.8. The van der Waals surface area contributed by atoms with Gasteiger partial charge in [0.25, 0.3) is 5.91 Å². The monoisotopic (exact) mass is 306 g/mol. The molecule has 0 fully saturated rings. The van der Waals surface area contributed by atoms with E-state index in [0.717, 1.165) is 11.1 Å². The van der Waals surface area contributed by atoms with Gasteiger partial charge in [-0.25, -0.2) is 0 Å². The fraction of sp³-hybridized carbons (Fsp3) is 0.467. The molecule has 118 valence electrons. The number of nitrogens with zero attached hydrogens (tertiary/aromatic N) is 1. The second kappa shape index (κ2) is 5.40. The number of benzene rings is 1. The SMILES string of the molecule is COc1c2c(c(CNC(C)=O)c3c1C(=O)N(C)CC3)OCO2. The highest BCUT2D eigenvalue weighted by Gasteiger charge is 2.36. The van der Waals surface area contributed by atoms with Crippen molar-refractivity contribution in [3.05, 3.63) is 16.7 Å². The predicted molar refractivity (Wildman–Crippen MR) is 77.3 cm³/mol. The van der Waals surface area contributed by atoms with Crippen LogP contribution in [0.5, 0.6) is 17.2 Å². The van der Waals surface area contributed by atoms with E-state index in [1.807, 2.05) is 0 Å². The third-order valence-corrected chi connectivity index (χ3v) is 3.96. The van der Waals surface area contributed by atoms with Gasteiger partial charge in [0.1, 0.15) is 0 Å². The summed E-state index contributed by atoms with van der Waals surface area (Å²) in [7, 11) is 3.26. The molecule has 0 radical (unpaired) electrons. The van der Waals surface area contributed by atoms with E-state index in [1.165, 1.54) is 14.0 Å². The first-order valence-electron chi connectivity index (χ1n) is 7.05. The first-order chi connectivity index (χ1) is 10.5. The minimum atomic E-state index is -0.142. The summed E-state index contributed by atoms with van der Waals surface area (Å²) >= 11 is 0. The minimum Gasteiger partial charge on any atom is -0.492 e. The largest absolute Gasteiger partial charge is 0.492 e. The van der Waals surface area contributed by atoms with Crippen molar-refractivity contribution in [3.8, 4) is 17.2 Å². The predicted octanol–water partition coefficient (Wildman–Crippen LogP) is 0.688. The number of fused-ring (bicyclic) bond motifs is 2. The summed E-state index contributed by atoms with van der Waals surface area (Å²) in [6, 6.07) is 0. The Hall–Kier alpha value is -2.44. The van der Waals surface area contributed by atoms with Gasteiger partial charge in [0.15, 0.2) is 11.5 Å². The molecule has 1 aromatic rings. The number of rotatable bonds is 3. The molecule has 0 atom stereocenters. The maximum atomic E-state index is 12.5. The molecule has 1 aromatic carbocycles. The fourth-order valence-corrected chi connectivity index (χ4v) is 2.88. The van der Waals surface area contributed by atoms with Gasteiger partial charge in [0, 0.05) is 32.6 Å². The summed E-state index contributed by atoms with van der Waals surface area (Å²) < 4.78 is 16.5. The van der Waals surface area contributed by atoms with Crippen LogP contribution >= 0.6 is 0 Å². The van der Waals surface area contributed by atoms with Gasteiger partial charge in [-0.05, 0) is 12.0 Å². The van der Waals surface area contributed by atoms with E-state index in [0.29, 0.717) is 42.3 Å². The lowest BCUT2D eigenvalue weighted by Gasteiger charge is -2.28. The Labute approximate surface area is 128 Å². The quantitative estimate of drug-likeness (QED) is 0.889. The molecule has 0 aliphatic carbocycles. The number of ether oxygens (including phenoxy) is 3. The fourth-order valence-electron chi connectivity index (χ4n) is 2.88. The van der Waals surface area contributed by atoms with Gasteiger partial charge in [0.05, 0.1) is 12.7 Å². The van der Waals surface area contributed by atoms with Gasteiger partial charge in [0.2, 0.25) is 18.4 Å². The Kier molecular flexibility index (Phi) is 3.56. The van der Waals surface area contributed by atoms with Crippen molar-refractivity contribution >= 4 is 11.8 Å². The summed E-state index contributed by atoms with van der Waals surface area (Å²) in [6.07, 6.45) is 0.680. The highest BCUT2D eigenvalue weighted by Crippen LogP contribution is 2.49. The van der Waals surface area contributed by atoms with E-state index in [-0.39, 0.29) is 18.6 Å². The third-order valence-electron chi connectivity index (χ3n) is 3.96. The topological polar surface area (TPSA) is 77.1 Å². The average Bonchev–Trinajstić information content (AvgIpc) is 2.96. The number of nitrogens with one attached hydrogen (secondary N) is 1. The minimum absolute atomic E-state index is 0.0751. The Morgan fingerprint density at radius 3 is 2.77 bits per heavy atom. The Balaban J connectivity index is 2.20. The third kappa shape index (κ3) is 2.13. The molecule has 0 bridgehead atoms. The summed E-state index contributed by atoms with van der Waals surface area (Å²) in [5.74, 6) is 1.15. The Morgan fingerprint density at radius 2 is 2.09 bits per heavy atom. The summed E-state index contributed by atoms with van der Waals surface area (Å²) in [5, 5.41) is 2.76. The first-order valence-corrected chi connectivity index (χ1v) is 7.05. The van der Waals surface area contributed by atoms with E-state index >= 15 is 0 Å². The van der Waals surface area contributed by atoms with Crippen molar-refractivity contribution in [3.63, 3.8) is 0 Å². The Morgan fingerprint density at radius 1 is 1.36 bits per heavy atom. The van der Waals surface area contributed by atoms with Crippen molar-refractivity contribution < 1.29 is 23.8 Å². The molecule has 2 heterocycles. The number of likely N-dealkylation sites (N-methyl/N-ethyl adjacent to an activating group) is 1. The summed E-state index contributed by atoms with van der Waals surface area (Å²) in [6.45, 7) is 2.43. The van der Waals surface area contributed by atoms with Gasteiger partial charge < -0.3 is 24.4 Å². The lowest BCUT2D eigenvalue weighted by molar-refractivity contribution is -0.119. The standard InChI is InChI=1S/C15H18N2O5/c1-8(18)16-6-10-9-4-5-17(2)15(19)11(9)13(20-3)14-12(10)21-7-22-14/h4-7H2,1-3H3,(H,16,18). The molecule has 3 rings (SSSR count). The van der Waals surface area contributed by atoms with Crippen LogP contribution < -0.4 is 19.5 Å². The van der Waals surface area contributed by atoms with Gasteiger partial charge in [-0.15, -0.1) is 0 Å². The molecule has 0 saturated heterocycles. The molecule has 0 unspecified atom stereocenters. The van der Waals surface area contributed by atoms with Crippen molar-refractivity contribution in [1.82, 2.24) is 10.2 Å². The molecule has 1 N–H and O–H groups in total. The molecular weight excluding hydrogens is 288 g/mol. The molecule has 22 heavy (non-hydrogen) atoms. The van der Waals surface area contributed by atoms with E-state index in [9.17, 15) is 9.59 Å². The van der Waals surface area contributed by atoms with Crippen molar-refractivity contribution in [2.24, 2.45) is 0 Å². The van der Waals surface area contributed by atoms with Crippen molar-refractivity contribution in [2.45, 2.75) is 19.9 Å². The maximum Gasteiger partial charge on any atom is 0.257 e. The van der Waals surface area contributed by atoms with Crippen molar-refractivity contribution in [2.75, 3.05) is 27.5 Å². The second-order valence-corrected chi connectivity index (χ2v) is 5.32. The van der Waals surface area contributed by atoms with Crippen LogP contribution in [-0.2, 0) is 17.8 Å². The van der Waals surface area contributed by atoms with E-state index in [4.69, 9.17) is 14.2 Å². The van der Waals surface area contributed by atoms with Gasteiger partial charge in [-0.2, -0.15) is 0 Å². The van der Waals surface area contributed by atoms with Crippen LogP contribution in [0.25, 0.3) is 0 Å². The van der Waals surface area contributed by atoms with Crippen LogP contribution in [0.4, 0.5) is 0 Å². The van der Waals surface area contributed by atoms with Crippen LogP contribution in [0.15, 0.2) is 0 Å². The number of carbonyl (C=O) groups excluding carboxylic acids is 2. The number of hydrogen-bond donors (Lipinski definition) is 1. The van der Waals surface area contributed by atoms with E-state index in [1.54, 1.807) is 11.9 Å². The number of methoxy groups -OCH3 is 1. The lowest BCUT2D eigenvalue weighted by atomic mass is 9.91. The molecule has 2 aliphatic heterocycles. The van der Waals surface area contributed by atoms with Gasteiger partial charge in [-0.1, -0.05) is 0 Å². The number of amides is 2. The molecule has 0 saturated carbocycles. The highest BCUT2D eigenvalue weighted by molar-refractivity contribution is 6.01. The molecule has 7 heteroatoms. The maximum absolute atomic E-state index is 12.5. The molecule has 2 aliphatic rings. The van der Waals surface area contributed by atoms with E-state index in [2.05, 4.69) is 5.32 Å².